The molecule has 0 unspecified atom stereocenters. The number of sulfonamides is 1. The molecule has 1 aromatic carbocycles. The molecule has 158 valence electrons. The number of halogens is 1. The summed E-state index contributed by atoms with van der Waals surface area (Å²) in [6.07, 6.45) is 3.07. The van der Waals surface area contributed by atoms with Crippen LogP contribution in [0.3, 0.4) is 0 Å². The highest BCUT2D eigenvalue weighted by Gasteiger charge is 2.33. The molecule has 0 bridgehead atoms. The third kappa shape index (κ3) is 3.89. The molecule has 2 aromatic heterocycles. The molecule has 0 aliphatic carbocycles. The Morgan fingerprint density at radius 3 is 2.73 bits per heavy atom. The highest BCUT2D eigenvalue weighted by Crippen LogP contribution is 2.31. The van der Waals surface area contributed by atoms with Gasteiger partial charge in [0.15, 0.2) is 0 Å². The number of pyridine rings is 1. The molecule has 4 rings (SSSR count). The average Bonchev–Trinajstić information content (AvgIpc) is 3.15. The number of rotatable bonds is 5. The summed E-state index contributed by atoms with van der Waals surface area (Å²) in [7, 11) is -3.62. The maximum Gasteiger partial charge on any atom is 0.246 e. The maximum absolute atomic E-state index is 13.6. The quantitative estimate of drug-likeness (QED) is 0.616. The normalized spacial score (nSPS) is 17.9. The maximum atomic E-state index is 13.6. The minimum Gasteiger partial charge on any atom is -0.269 e. The summed E-state index contributed by atoms with van der Waals surface area (Å²) in [6, 6.07) is 12.0. The van der Waals surface area contributed by atoms with Gasteiger partial charge in [-0.1, -0.05) is 18.2 Å². The summed E-state index contributed by atoms with van der Waals surface area (Å²) in [4.78, 5) is 5.00. The first-order chi connectivity index (χ1) is 14.4. The Bertz CT molecular complexity index is 1160. The van der Waals surface area contributed by atoms with E-state index in [-0.39, 0.29) is 16.6 Å². The van der Waals surface area contributed by atoms with Gasteiger partial charge in [0.25, 0.3) is 0 Å². The van der Waals surface area contributed by atoms with Gasteiger partial charge in [-0.05, 0) is 51.0 Å². The van der Waals surface area contributed by atoms with E-state index in [9.17, 15) is 12.8 Å². The Hall–Kier alpha value is -2.58. The molecule has 1 fully saturated rings. The molecular weight excluding hydrogens is 403 g/mol. The first-order valence-corrected chi connectivity index (χ1v) is 11.6. The van der Waals surface area contributed by atoms with Gasteiger partial charge in [-0.3, -0.25) is 9.67 Å². The Morgan fingerprint density at radius 1 is 1.20 bits per heavy atom. The van der Waals surface area contributed by atoms with E-state index in [2.05, 4.69) is 5.10 Å². The topological polar surface area (TPSA) is 68.1 Å². The molecule has 8 heteroatoms. The molecular formula is C22H25FN4O2S. The van der Waals surface area contributed by atoms with Gasteiger partial charge in [-0.2, -0.15) is 9.40 Å². The Labute approximate surface area is 176 Å². The summed E-state index contributed by atoms with van der Waals surface area (Å²) in [5, 5.41) is 4.19. The lowest BCUT2D eigenvalue weighted by Crippen LogP contribution is -2.39. The van der Waals surface area contributed by atoms with Crippen LogP contribution < -0.4 is 0 Å². The number of piperidine rings is 1. The monoisotopic (exact) mass is 428 g/mol. The summed E-state index contributed by atoms with van der Waals surface area (Å²) < 4.78 is 43.3. The molecule has 6 nitrogen and oxygen atoms in total. The molecule has 0 N–H and O–H groups in total. The van der Waals surface area contributed by atoms with E-state index in [1.54, 1.807) is 22.0 Å². The molecule has 3 aromatic rings. The van der Waals surface area contributed by atoms with Crippen molar-refractivity contribution in [3.63, 3.8) is 0 Å². The second-order valence-electron chi connectivity index (χ2n) is 7.57. The highest BCUT2D eigenvalue weighted by atomic mass is 32.2. The third-order valence-corrected chi connectivity index (χ3v) is 7.64. The fraction of sp³-hybridized carbons (Fsp3) is 0.364. The van der Waals surface area contributed by atoms with Crippen LogP contribution in [0.4, 0.5) is 4.39 Å². The molecule has 0 radical (unpaired) electrons. The van der Waals surface area contributed by atoms with Gasteiger partial charge in [0.1, 0.15) is 10.7 Å². The van der Waals surface area contributed by atoms with Crippen LogP contribution in [0.5, 0.6) is 0 Å². The number of hydrogen-bond donors (Lipinski definition) is 0. The molecule has 0 saturated carbocycles. The number of benzene rings is 1. The van der Waals surface area contributed by atoms with Crippen LogP contribution >= 0.6 is 0 Å². The lowest BCUT2D eigenvalue weighted by atomic mass is 9.95. The van der Waals surface area contributed by atoms with Crippen molar-refractivity contribution in [3.8, 4) is 11.3 Å². The SMILES string of the molecule is CCn1ncc(S(=O)(=O)N2CCC[C@H](c3cccc(-c4cccc(F)c4)n3)C2)c1C. The van der Waals surface area contributed by atoms with E-state index >= 15 is 0 Å². The summed E-state index contributed by atoms with van der Waals surface area (Å²) in [6.45, 7) is 5.21. The van der Waals surface area contributed by atoms with Crippen molar-refractivity contribution in [1.29, 1.82) is 0 Å². The van der Waals surface area contributed by atoms with Crippen LogP contribution in [0.1, 0.15) is 37.1 Å². The van der Waals surface area contributed by atoms with Crippen molar-refractivity contribution in [1.82, 2.24) is 19.1 Å². The molecule has 1 saturated heterocycles. The zero-order valence-electron chi connectivity index (χ0n) is 17.1. The van der Waals surface area contributed by atoms with Crippen LogP contribution in [0.15, 0.2) is 53.6 Å². The molecule has 30 heavy (non-hydrogen) atoms. The van der Waals surface area contributed by atoms with E-state index < -0.39 is 10.0 Å². The van der Waals surface area contributed by atoms with E-state index in [0.717, 1.165) is 18.5 Å². The smallest absolute Gasteiger partial charge is 0.246 e. The minimum atomic E-state index is -3.62. The number of aromatic nitrogens is 3. The van der Waals surface area contributed by atoms with Gasteiger partial charge in [0, 0.05) is 36.8 Å². The van der Waals surface area contributed by atoms with Crippen LogP contribution in [-0.2, 0) is 16.6 Å². The molecule has 1 atom stereocenters. The first kappa shape index (κ1) is 20.7. The first-order valence-electron chi connectivity index (χ1n) is 10.2. The second kappa shape index (κ2) is 8.28. The predicted octanol–water partition coefficient (Wildman–Crippen LogP) is 3.98. The number of nitrogens with zero attached hydrogens (tertiary/aromatic N) is 4. The number of hydrogen-bond acceptors (Lipinski definition) is 4. The molecule has 3 heterocycles. The van der Waals surface area contributed by atoms with Crippen molar-refractivity contribution in [3.05, 3.63) is 65.9 Å². The van der Waals surface area contributed by atoms with E-state index in [1.165, 1.54) is 18.3 Å². The van der Waals surface area contributed by atoms with Crippen molar-refractivity contribution in [2.75, 3.05) is 13.1 Å². The van der Waals surface area contributed by atoms with Crippen LogP contribution in [-0.4, -0.2) is 40.6 Å². The highest BCUT2D eigenvalue weighted by molar-refractivity contribution is 7.89. The van der Waals surface area contributed by atoms with Crippen molar-refractivity contribution in [2.24, 2.45) is 0 Å². The van der Waals surface area contributed by atoms with E-state index in [4.69, 9.17) is 4.98 Å². The summed E-state index contributed by atoms with van der Waals surface area (Å²) >= 11 is 0. The molecule has 1 aliphatic heterocycles. The predicted molar refractivity (Wildman–Crippen MR) is 113 cm³/mol. The molecule has 0 amide bonds. The van der Waals surface area contributed by atoms with Gasteiger partial charge >= 0.3 is 0 Å². The van der Waals surface area contributed by atoms with Gasteiger partial charge in [0.2, 0.25) is 10.0 Å². The molecule has 1 aliphatic rings. The van der Waals surface area contributed by atoms with Crippen molar-refractivity contribution >= 4 is 10.0 Å². The Kier molecular flexibility index (Phi) is 5.71. The van der Waals surface area contributed by atoms with Crippen LogP contribution in [0.2, 0.25) is 0 Å². The van der Waals surface area contributed by atoms with Gasteiger partial charge < -0.3 is 0 Å². The lowest BCUT2D eigenvalue weighted by molar-refractivity contribution is 0.312. The zero-order valence-corrected chi connectivity index (χ0v) is 17.9. The minimum absolute atomic E-state index is 0.0106. The van der Waals surface area contributed by atoms with Crippen LogP contribution in [0.25, 0.3) is 11.3 Å². The van der Waals surface area contributed by atoms with E-state index in [0.29, 0.717) is 36.6 Å². The van der Waals surface area contributed by atoms with Crippen LogP contribution in [0, 0.1) is 12.7 Å². The third-order valence-electron chi connectivity index (χ3n) is 5.67. The largest absolute Gasteiger partial charge is 0.269 e. The standard InChI is InChI=1S/C22H25FN4O2S/c1-3-27-16(2)22(14-24-27)30(28,29)26-12-6-8-18(15-26)21-11-5-10-20(25-21)17-7-4-9-19(23)13-17/h4-5,7,9-11,13-14,18H,3,6,8,12,15H2,1-2H3/t18-/m0/s1. The Morgan fingerprint density at radius 2 is 2.00 bits per heavy atom. The van der Waals surface area contributed by atoms with Crippen molar-refractivity contribution < 1.29 is 12.8 Å². The van der Waals surface area contributed by atoms with Crippen molar-refractivity contribution in [2.45, 2.75) is 44.0 Å². The second-order valence-corrected chi connectivity index (χ2v) is 9.48. The van der Waals surface area contributed by atoms with Gasteiger partial charge in [0.05, 0.1) is 17.6 Å². The van der Waals surface area contributed by atoms with E-state index in [1.807, 2.05) is 31.2 Å². The Balaban J connectivity index is 1.60. The zero-order chi connectivity index (χ0) is 21.3. The molecule has 0 spiro atoms. The lowest BCUT2D eigenvalue weighted by Gasteiger charge is -2.31. The summed E-state index contributed by atoms with van der Waals surface area (Å²) in [5.74, 6) is -0.318. The average molecular weight is 429 g/mol. The fourth-order valence-corrected chi connectivity index (χ4v) is 5.71. The fourth-order valence-electron chi connectivity index (χ4n) is 4.03. The van der Waals surface area contributed by atoms with Gasteiger partial charge in [-0.25, -0.2) is 12.8 Å². The number of aryl methyl sites for hydroxylation is 1. The van der Waals surface area contributed by atoms with Gasteiger partial charge in [-0.15, -0.1) is 0 Å². The summed E-state index contributed by atoms with van der Waals surface area (Å²) in [5.41, 5.74) is 2.88.